The smallest absolute Gasteiger partial charge is 0.252 e. The molecular formula is C11H9ClI2N2O3. The van der Waals surface area contributed by atoms with Crippen LogP contribution >= 0.6 is 56.8 Å². The van der Waals surface area contributed by atoms with E-state index in [1.165, 1.54) is 12.1 Å². The molecule has 0 fully saturated rings. The normalized spacial score (nSPS) is 9.84. The fourth-order valence-electron chi connectivity index (χ4n) is 1.27. The summed E-state index contributed by atoms with van der Waals surface area (Å²) in [7, 11) is 0. The van der Waals surface area contributed by atoms with Crippen LogP contribution in [0.25, 0.3) is 0 Å². The average molecular weight is 506 g/mol. The summed E-state index contributed by atoms with van der Waals surface area (Å²) >= 11 is 9.26. The molecule has 0 aliphatic rings. The Bertz CT molecular complexity index is 486. The molecule has 0 saturated heterocycles. The minimum atomic E-state index is -0.657. The highest BCUT2D eigenvalue weighted by Gasteiger charge is 2.09. The van der Waals surface area contributed by atoms with Gasteiger partial charge in [-0.25, -0.2) is 0 Å². The van der Waals surface area contributed by atoms with Gasteiger partial charge < -0.3 is 10.6 Å². The van der Waals surface area contributed by atoms with E-state index in [-0.39, 0.29) is 26.2 Å². The molecule has 1 aromatic rings. The third-order valence-electron chi connectivity index (χ3n) is 1.97. The van der Waals surface area contributed by atoms with Crippen LogP contribution in [0.3, 0.4) is 0 Å². The molecule has 2 N–H and O–H groups in total. The van der Waals surface area contributed by atoms with Crippen molar-refractivity contribution in [3.8, 4) is 0 Å². The summed E-state index contributed by atoms with van der Waals surface area (Å²) in [6.45, 7) is 0. The quantitative estimate of drug-likeness (QED) is 0.367. The van der Waals surface area contributed by atoms with Crippen molar-refractivity contribution in [1.29, 1.82) is 0 Å². The van der Waals surface area contributed by atoms with Crippen LogP contribution < -0.4 is 10.6 Å². The number of amides is 2. The van der Waals surface area contributed by atoms with Gasteiger partial charge in [0.25, 0.3) is 5.24 Å². The molecule has 0 aromatic heterocycles. The molecule has 1 rings (SSSR count). The highest BCUT2D eigenvalue weighted by molar-refractivity contribution is 14.1. The topological polar surface area (TPSA) is 75.3 Å². The van der Waals surface area contributed by atoms with E-state index in [1.54, 1.807) is 6.07 Å². The lowest BCUT2D eigenvalue weighted by molar-refractivity contribution is -0.114. The van der Waals surface area contributed by atoms with Crippen LogP contribution in [-0.2, 0) is 9.59 Å². The van der Waals surface area contributed by atoms with Crippen molar-refractivity contribution in [2.45, 2.75) is 0 Å². The Hall–Kier alpha value is -0.420. The van der Waals surface area contributed by atoms with Crippen LogP contribution in [0.2, 0.25) is 0 Å². The molecule has 0 aliphatic heterocycles. The predicted octanol–water partition coefficient (Wildman–Crippen LogP) is 2.81. The van der Waals surface area contributed by atoms with Crippen molar-refractivity contribution < 1.29 is 14.4 Å². The Morgan fingerprint density at radius 2 is 1.37 bits per heavy atom. The number of hydrogen-bond acceptors (Lipinski definition) is 3. The number of benzene rings is 1. The van der Waals surface area contributed by atoms with Gasteiger partial charge in [-0.2, -0.15) is 0 Å². The minimum absolute atomic E-state index is 0.203. The van der Waals surface area contributed by atoms with Crippen LogP contribution in [0.15, 0.2) is 18.2 Å². The van der Waals surface area contributed by atoms with Gasteiger partial charge in [-0.05, 0) is 29.8 Å². The maximum absolute atomic E-state index is 11.3. The Labute approximate surface area is 142 Å². The van der Waals surface area contributed by atoms with Crippen LogP contribution in [0.5, 0.6) is 0 Å². The Morgan fingerprint density at radius 3 is 1.68 bits per heavy atom. The van der Waals surface area contributed by atoms with Gasteiger partial charge in [-0.15, -0.1) is 0 Å². The molecule has 0 saturated carbocycles. The minimum Gasteiger partial charge on any atom is -0.325 e. The van der Waals surface area contributed by atoms with Crippen molar-refractivity contribution in [1.82, 2.24) is 0 Å². The first-order chi connectivity index (χ1) is 8.96. The van der Waals surface area contributed by atoms with Crippen LogP contribution in [-0.4, -0.2) is 25.9 Å². The van der Waals surface area contributed by atoms with E-state index in [0.717, 1.165) is 0 Å². The van der Waals surface area contributed by atoms with Crippen LogP contribution in [0.1, 0.15) is 10.4 Å². The molecule has 19 heavy (non-hydrogen) atoms. The second-order valence-corrected chi connectivity index (χ2v) is 5.31. The molecule has 0 radical (unpaired) electrons. The van der Waals surface area contributed by atoms with E-state index < -0.39 is 5.24 Å². The fraction of sp³-hybridized carbons (Fsp3) is 0.182. The molecule has 102 valence electrons. The summed E-state index contributed by atoms with van der Waals surface area (Å²) in [5, 5.41) is 4.56. The molecule has 0 unspecified atom stereocenters. The third-order valence-corrected chi connectivity index (χ3v) is 3.57. The largest absolute Gasteiger partial charge is 0.325 e. The average Bonchev–Trinajstić information content (AvgIpc) is 2.37. The summed E-state index contributed by atoms with van der Waals surface area (Å²) in [5.74, 6) is -0.406. The molecule has 1 aromatic carbocycles. The number of rotatable bonds is 5. The number of hydrogen-bond donors (Lipinski definition) is 2. The molecular weight excluding hydrogens is 497 g/mol. The van der Waals surface area contributed by atoms with Crippen LogP contribution in [0, 0.1) is 0 Å². The zero-order valence-electron chi connectivity index (χ0n) is 9.50. The van der Waals surface area contributed by atoms with E-state index in [4.69, 9.17) is 11.6 Å². The number of halogens is 3. The Morgan fingerprint density at radius 1 is 0.947 bits per heavy atom. The Kier molecular flexibility index (Phi) is 7.00. The summed E-state index contributed by atoms with van der Waals surface area (Å²) < 4.78 is 0.568. The third kappa shape index (κ3) is 5.61. The highest BCUT2D eigenvalue weighted by Crippen LogP contribution is 2.21. The second-order valence-electron chi connectivity index (χ2n) is 3.44. The van der Waals surface area contributed by atoms with Crippen molar-refractivity contribution in [2.75, 3.05) is 19.5 Å². The van der Waals surface area contributed by atoms with Crippen molar-refractivity contribution in [3.63, 3.8) is 0 Å². The number of carbonyl (C=O) groups excluding carboxylic acids is 3. The van der Waals surface area contributed by atoms with E-state index in [0.29, 0.717) is 11.4 Å². The van der Waals surface area contributed by atoms with Gasteiger partial charge in [0.1, 0.15) is 0 Å². The molecule has 0 spiro atoms. The standard InChI is InChI=1S/C11H9ClI2N2O3/c12-11(19)6-1-7(15-9(17)4-13)3-8(2-6)16-10(18)5-14/h1-3H,4-5H2,(H,15,17)(H,16,18). The molecule has 0 heterocycles. The maximum Gasteiger partial charge on any atom is 0.252 e. The van der Waals surface area contributed by atoms with E-state index in [9.17, 15) is 14.4 Å². The second kappa shape index (κ2) is 8.00. The van der Waals surface area contributed by atoms with Crippen molar-refractivity contribution in [3.05, 3.63) is 23.8 Å². The number of carbonyl (C=O) groups is 3. The first-order valence-corrected chi connectivity index (χ1v) is 8.45. The summed E-state index contributed by atoms with van der Waals surface area (Å²) in [4.78, 5) is 33.9. The van der Waals surface area contributed by atoms with Gasteiger partial charge in [-0.1, -0.05) is 45.2 Å². The number of nitrogens with one attached hydrogen (secondary N) is 2. The highest BCUT2D eigenvalue weighted by atomic mass is 127. The van der Waals surface area contributed by atoms with Gasteiger partial charge in [-0.3, -0.25) is 14.4 Å². The van der Waals surface area contributed by atoms with E-state index in [1.807, 2.05) is 45.2 Å². The molecule has 5 nitrogen and oxygen atoms in total. The van der Waals surface area contributed by atoms with Crippen LogP contribution in [0.4, 0.5) is 11.4 Å². The monoisotopic (exact) mass is 506 g/mol. The van der Waals surface area contributed by atoms with Crippen molar-refractivity contribution >= 4 is 85.2 Å². The zero-order chi connectivity index (χ0) is 14.4. The number of alkyl halides is 2. The lowest BCUT2D eigenvalue weighted by Crippen LogP contribution is -2.15. The SMILES string of the molecule is O=C(CI)Nc1cc(NC(=O)CI)cc(C(=O)Cl)c1. The predicted molar refractivity (Wildman–Crippen MR) is 91.7 cm³/mol. The molecule has 0 aliphatic carbocycles. The van der Waals surface area contributed by atoms with Gasteiger partial charge in [0.2, 0.25) is 11.8 Å². The molecule has 2 amide bonds. The van der Waals surface area contributed by atoms with Gasteiger partial charge in [0.15, 0.2) is 0 Å². The van der Waals surface area contributed by atoms with E-state index in [2.05, 4.69) is 10.6 Å². The van der Waals surface area contributed by atoms with E-state index >= 15 is 0 Å². The lowest BCUT2D eigenvalue weighted by atomic mass is 10.2. The van der Waals surface area contributed by atoms with Gasteiger partial charge >= 0.3 is 0 Å². The zero-order valence-corrected chi connectivity index (χ0v) is 14.6. The van der Waals surface area contributed by atoms with Crippen molar-refractivity contribution in [2.24, 2.45) is 0 Å². The molecule has 0 bridgehead atoms. The lowest BCUT2D eigenvalue weighted by Gasteiger charge is -2.09. The fourth-order valence-corrected chi connectivity index (χ4v) is 1.76. The Balaban J connectivity index is 3.06. The molecule has 0 atom stereocenters. The van der Waals surface area contributed by atoms with Gasteiger partial charge in [0, 0.05) is 16.9 Å². The summed E-state index contributed by atoms with van der Waals surface area (Å²) in [6.07, 6.45) is 0. The van der Waals surface area contributed by atoms with Gasteiger partial charge in [0.05, 0.1) is 8.86 Å². The molecule has 8 heteroatoms. The summed E-state index contributed by atoms with van der Waals surface area (Å²) in [6, 6.07) is 4.48. The first-order valence-electron chi connectivity index (χ1n) is 5.03. The first kappa shape index (κ1) is 16.6. The summed E-state index contributed by atoms with van der Waals surface area (Å²) in [5.41, 5.74) is 1.03. The number of anilines is 2. The maximum atomic E-state index is 11.3.